The van der Waals surface area contributed by atoms with E-state index in [4.69, 9.17) is 15.9 Å². The molecule has 6 heteroatoms. The van der Waals surface area contributed by atoms with E-state index in [0.29, 0.717) is 5.70 Å². The Morgan fingerprint density at radius 3 is 2.52 bits per heavy atom. The molecule has 4 N–H and O–H groups in total. The van der Waals surface area contributed by atoms with Crippen LogP contribution < -0.4 is 10.5 Å². The Morgan fingerprint density at radius 1 is 1.15 bits per heavy atom. The molecule has 1 aromatic heterocycles. The Bertz CT molecular complexity index is 939. The number of hydrogen-bond acceptors (Lipinski definition) is 5. The van der Waals surface area contributed by atoms with E-state index in [1.807, 2.05) is 42.5 Å². The molecule has 0 aliphatic carbocycles. The molecule has 140 valence electrons. The number of rotatable bonds is 8. The van der Waals surface area contributed by atoms with E-state index in [9.17, 15) is 0 Å². The van der Waals surface area contributed by atoms with Crippen molar-refractivity contribution in [1.82, 2.24) is 14.9 Å². The lowest BCUT2D eigenvalue weighted by atomic mass is 10.1. The molecule has 3 rings (SSSR count). The maximum atomic E-state index is 7.08. The van der Waals surface area contributed by atoms with Crippen LogP contribution in [0.2, 0.25) is 0 Å². The van der Waals surface area contributed by atoms with Gasteiger partial charge in [-0.1, -0.05) is 13.8 Å². The van der Waals surface area contributed by atoms with Crippen LogP contribution in [0.1, 0.15) is 25.2 Å². The molecule has 27 heavy (non-hydrogen) atoms. The molecule has 0 aliphatic heterocycles. The number of imidazole rings is 1. The van der Waals surface area contributed by atoms with Crippen LogP contribution in [0, 0.1) is 5.41 Å². The Kier molecular flexibility index (Phi) is 5.88. The second-order valence-corrected chi connectivity index (χ2v) is 6.24. The molecule has 0 atom stereocenters. The van der Waals surface area contributed by atoms with Crippen molar-refractivity contribution < 1.29 is 4.74 Å². The minimum Gasteiger partial charge on any atom is -0.457 e. The number of aromatic nitrogens is 2. The van der Waals surface area contributed by atoms with Crippen LogP contribution in [-0.2, 0) is 6.54 Å². The number of aromatic amines is 1. The summed E-state index contributed by atoms with van der Waals surface area (Å²) >= 11 is 0. The second-order valence-electron chi connectivity index (χ2n) is 6.24. The van der Waals surface area contributed by atoms with E-state index in [0.717, 1.165) is 53.6 Å². The molecule has 0 aliphatic rings. The van der Waals surface area contributed by atoms with Gasteiger partial charge in [-0.25, -0.2) is 4.98 Å². The van der Waals surface area contributed by atoms with E-state index >= 15 is 0 Å². The first-order valence-corrected chi connectivity index (χ1v) is 9.08. The van der Waals surface area contributed by atoms with Crippen LogP contribution in [-0.4, -0.2) is 34.2 Å². The van der Waals surface area contributed by atoms with Gasteiger partial charge in [-0.15, -0.1) is 0 Å². The van der Waals surface area contributed by atoms with Crippen molar-refractivity contribution in [3.8, 4) is 11.5 Å². The first kappa shape index (κ1) is 18.7. The SMILES string of the molecule is CCN(CC)Cc1nc2ccc(Oc3ccc(/C(N)=C/C=N)cc3)cc2[nH]1. The molecule has 0 bridgehead atoms. The average Bonchev–Trinajstić information content (AvgIpc) is 3.08. The first-order chi connectivity index (χ1) is 13.1. The lowest BCUT2D eigenvalue weighted by molar-refractivity contribution is 0.289. The van der Waals surface area contributed by atoms with Crippen molar-refractivity contribution in [3.05, 3.63) is 59.9 Å². The predicted molar refractivity (Wildman–Crippen MR) is 110 cm³/mol. The van der Waals surface area contributed by atoms with E-state index in [1.165, 1.54) is 6.21 Å². The molecule has 0 spiro atoms. The van der Waals surface area contributed by atoms with Crippen LogP contribution in [0.3, 0.4) is 0 Å². The van der Waals surface area contributed by atoms with E-state index < -0.39 is 0 Å². The topological polar surface area (TPSA) is 91.0 Å². The van der Waals surface area contributed by atoms with Gasteiger partial charge < -0.3 is 20.9 Å². The number of benzene rings is 2. The summed E-state index contributed by atoms with van der Waals surface area (Å²) < 4.78 is 5.95. The average molecular weight is 363 g/mol. The lowest BCUT2D eigenvalue weighted by Crippen LogP contribution is -2.22. The number of ether oxygens (including phenoxy) is 1. The molecule has 0 fully saturated rings. The summed E-state index contributed by atoms with van der Waals surface area (Å²) in [5, 5.41) is 7.08. The van der Waals surface area contributed by atoms with E-state index in [-0.39, 0.29) is 0 Å². The molecule has 6 nitrogen and oxygen atoms in total. The molecule has 0 saturated heterocycles. The molecule has 1 heterocycles. The highest BCUT2D eigenvalue weighted by Crippen LogP contribution is 2.26. The number of H-pyrrole nitrogens is 1. The van der Waals surface area contributed by atoms with Crippen LogP contribution >= 0.6 is 0 Å². The highest BCUT2D eigenvalue weighted by molar-refractivity contribution is 5.81. The fraction of sp³-hybridized carbons (Fsp3) is 0.238. The van der Waals surface area contributed by atoms with Crippen LogP contribution in [0.15, 0.2) is 48.5 Å². The summed E-state index contributed by atoms with van der Waals surface area (Å²) in [6.07, 6.45) is 2.73. The third kappa shape index (κ3) is 4.54. The van der Waals surface area contributed by atoms with Gasteiger partial charge in [-0.05, 0) is 61.1 Å². The molecular formula is C21H25N5O. The molecule has 0 radical (unpaired) electrons. The number of allylic oxidation sites excluding steroid dienone is 1. The number of hydrogen-bond donors (Lipinski definition) is 3. The monoisotopic (exact) mass is 363 g/mol. The minimum absolute atomic E-state index is 0.552. The van der Waals surface area contributed by atoms with E-state index in [1.54, 1.807) is 6.08 Å². The summed E-state index contributed by atoms with van der Waals surface area (Å²) in [5.41, 5.74) is 9.19. The Labute approximate surface area is 159 Å². The number of fused-ring (bicyclic) bond motifs is 1. The first-order valence-electron chi connectivity index (χ1n) is 9.08. The fourth-order valence-electron chi connectivity index (χ4n) is 2.88. The minimum atomic E-state index is 0.552. The standard InChI is InChI=1S/C21H25N5O/c1-3-26(4-2)14-21-24-19-10-9-17(13-20(19)25-21)27-16-7-5-15(6-8-16)18(23)11-12-22/h5-13,22H,3-4,14,23H2,1-2H3,(H,24,25)/b18-11-,22-12?. The summed E-state index contributed by atoms with van der Waals surface area (Å²) in [5.74, 6) is 2.43. The number of nitrogens with zero attached hydrogens (tertiary/aromatic N) is 2. The third-order valence-corrected chi connectivity index (χ3v) is 4.46. The zero-order chi connectivity index (χ0) is 19.2. The van der Waals surface area contributed by atoms with Gasteiger partial charge in [0.25, 0.3) is 0 Å². The van der Waals surface area contributed by atoms with Gasteiger partial charge >= 0.3 is 0 Å². The van der Waals surface area contributed by atoms with Gasteiger partial charge in [-0.3, -0.25) is 4.90 Å². The quantitative estimate of drug-likeness (QED) is 0.524. The predicted octanol–water partition coefficient (Wildman–Crippen LogP) is 4.15. The van der Waals surface area contributed by atoms with Gasteiger partial charge in [0.1, 0.15) is 17.3 Å². The Hall–Kier alpha value is -3.12. The van der Waals surface area contributed by atoms with Gasteiger partial charge in [-0.2, -0.15) is 0 Å². The largest absolute Gasteiger partial charge is 0.457 e. The van der Waals surface area contributed by atoms with Gasteiger partial charge in [0.15, 0.2) is 0 Å². The van der Waals surface area contributed by atoms with Crippen molar-refractivity contribution in [1.29, 1.82) is 5.41 Å². The Morgan fingerprint density at radius 2 is 1.85 bits per heavy atom. The summed E-state index contributed by atoms with van der Waals surface area (Å²) in [4.78, 5) is 10.3. The normalized spacial score (nSPS) is 11.9. The zero-order valence-electron chi connectivity index (χ0n) is 15.7. The van der Waals surface area contributed by atoms with Crippen LogP contribution in [0.5, 0.6) is 11.5 Å². The van der Waals surface area contributed by atoms with Crippen molar-refractivity contribution in [2.75, 3.05) is 13.1 Å². The third-order valence-electron chi connectivity index (χ3n) is 4.46. The highest BCUT2D eigenvalue weighted by atomic mass is 16.5. The van der Waals surface area contributed by atoms with Gasteiger partial charge in [0.2, 0.25) is 0 Å². The van der Waals surface area contributed by atoms with Gasteiger partial charge in [0, 0.05) is 18.0 Å². The summed E-state index contributed by atoms with van der Waals surface area (Å²) in [6.45, 7) is 7.11. The maximum Gasteiger partial charge on any atom is 0.129 e. The van der Waals surface area contributed by atoms with Crippen molar-refractivity contribution in [2.24, 2.45) is 5.73 Å². The number of nitrogens with one attached hydrogen (secondary N) is 2. The highest BCUT2D eigenvalue weighted by Gasteiger charge is 2.08. The molecule has 3 aromatic rings. The van der Waals surface area contributed by atoms with Crippen molar-refractivity contribution in [3.63, 3.8) is 0 Å². The van der Waals surface area contributed by atoms with E-state index in [2.05, 4.69) is 28.7 Å². The number of nitrogens with two attached hydrogens (primary N) is 1. The van der Waals surface area contributed by atoms with Crippen molar-refractivity contribution >= 4 is 22.9 Å². The maximum absolute atomic E-state index is 7.08. The molecule has 0 amide bonds. The zero-order valence-corrected chi connectivity index (χ0v) is 15.7. The second kappa shape index (κ2) is 8.51. The lowest BCUT2D eigenvalue weighted by Gasteiger charge is -2.15. The molecule has 2 aromatic carbocycles. The fourth-order valence-corrected chi connectivity index (χ4v) is 2.88. The molecule has 0 saturated carbocycles. The smallest absolute Gasteiger partial charge is 0.129 e. The van der Waals surface area contributed by atoms with Crippen molar-refractivity contribution in [2.45, 2.75) is 20.4 Å². The molecule has 0 unspecified atom stereocenters. The molecular weight excluding hydrogens is 338 g/mol. The van der Waals surface area contributed by atoms with Crippen LogP contribution in [0.25, 0.3) is 16.7 Å². The summed E-state index contributed by atoms with van der Waals surface area (Å²) in [6, 6.07) is 13.3. The summed E-state index contributed by atoms with van der Waals surface area (Å²) in [7, 11) is 0. The van der Waals surface area contributed by atoms with Crippen LogP contribution in [0.4, 0.5) is 0 Å². The Balaban J connectivity index is 1.75. The van der Waals surface area contributed by atoms with Gasteiger partial charge in [0.05, 0.1) is 17.6 Å².